The Labute approximate surface area is 192 Å². The molecule has 2 heterocycles. The van der Waals surface area contributed by atoms with E-state index in [-0.39, 0.29) is 17.9 Å². The second kappa shape index (κ2) is 10.1. The normalized spacial score (nSPS) is 16.8. The summed E-state index contributed by atoms with van der Waals surface area (Å²) < 4.78 is 11.2. The lowest BCUT2D eigenvalue weighted by Gasteiger charge is -2.30. The third kappa shape index (κ3) is 5.66. The van der Waals surface area contributed by atoms with Crippen LogP contribution < -0.4 is 10.1 Å². The van der Waals surface area contributed by atoms with Gasteiger partial charge in [-0.2, -0.15) is 4.98 Å². The van der Waals surface area contributed by atoms with Crippen LogP contribution >= 0.6 is 11.6 Å². The maximum absolute atomic E-state index is 12.9. The SMILES string of the molecule is CC(C)Oc1cccc(NC(=O)C2CCCN(Cc3nc(-c4ccccc4Cl)no3)C2)c1. The van der Waals surface area contributed by atoms with E-state index in [0.29, 0.717) is 29.8 Å². The topological polar surface area (TPSA) is 80.5 Å². The minimum Gasteiger partial charge on any atom is -0.491 e. The van der Waals surface area contributed by atoms with Gasteiger partial charge in [0.25, 0.3) is 0 Å². The number of carbonyl (C=O) groups excluding carboxylic acids is 1. The van der Waals surface area contributed by atoms with E-state index >= 15 is 0 Å². The fourth-order valence-corrected chi connectivity index (χ4v) is 4.06. The van der Waals surface area contributed by atoms with Gasteiger partial charge in [-0.05, 0) is 57.5 Å². The van der Waals surface area contributed by atoms with E-state index in [1.165, 1.54) is 0 Å². The summed E-state index contributed by atoms with van der Waals surface area (Å²) in [7, 11) is 0. The average Bonchev–Trinajstić information content (AvgIpc) is 3.22. The first-order valence-corrected chi connectivity index (χ1v) is 11.2. The number of halogens is 1. The number of likely N-dealkylation sites (tertiary alicyclic amines) is 1. The van der Waals surface area contributed by atoms with E-state index in [4.69, 9.17) is 20.9 Å². The molecule has 2 aromatic carbocycles. The summed E-state index contributed by atoms with van der Waals surface area (Å²) in [4.78, 5) is 19.5. The van der Waals surface area contributed by atoms with Crippen molar-refractivity contribution in [2.75, 3.05) is 18.4 Å². The first-order chi connectivity index (χ1) is 15.5. The van der Waals surface area contributed by atoms with E-state index in [1.54, 1.807) is 6.07 Å². The minimum atomic E-state index is -0.107. The van der Waals surface area contributed by atoms with Crippen molar-refractivity contribution in [3.05, 3.63) is 59.4 Å². The molecule has 1 aliphatic rings. The molecule has 3 aromatic rings. The molecule has 0 radical (unpaired) electrons. The van der Waals surface area contributed by atoms with Crippen LogP contribution in [-0.4, -0.2) is 40.1 Å². The summed E-state index contributed by atoms with van der Waals surface area (Å²) in [5.41, 5.74) is 1.48. The minimum absolute atomic E-state index is 0.0127. The fraction of sp³-hybridized carbons (Fsp3) is 0.375. The molecule has 1 unspecified atom stereocenters. The molecular formula is C24H27ClN4O3. The highest BCUT2D eigenvalue weighted by Gasteiger charge is 2.27. The summed E-state index contributed by atoms with van der Waals surface area (Å²) in [6, 6.07) is 14.9. The van der Waals surface area contributed by atoms with Crippen LogP contribution in [-0.2, 0) is 11.3 Å². The largest absolute Gasteiger partial charge is 0.491 e. The predicted octanol–water partition coefficient (Wildman–Crippen LogP) is 5.03. The van der Waals surface area contributed by atoms with E-state index in [0.717, 1.165) is 36.4 Å². The average molecular weight is 455 g/mol. The highest BCUT2D eigenvalue weighted by molar-refractivity contribution is 6.33. The molecule has 1 aromatic heterocycles. The van der Waals surface area contributed by atoms with Crippen LogP contribution in [0.3, 0.4) is 0 Å². The Morgan fingerprint density at radius 2 is 2.12 bits per heavy atom. The summed E-state index contributed by atoms with van der Waals surface area (Å²) in [6.45, 7) is 5.97. The first kappa shape index (κ1) is 22.3. The standard InChI is InChI=1S/C24H27ClN4O3/c1-16(2)31-19-9-5-8-18(13-19)26-24(30)17-7-6-12-29(14-17)15-22-27-23(28-32-22)20-10-3-4-11-21(20)25/h3-5,8-11,13,16-17H,6-7,12,14-15H2,1-2H3,(H,26,30). The van der Waals surface area contributed by atoms with Gasteiger partial charge in [-0.3, -0.25) is 9.69 Å². The molecule has 0 saturated carbocycles. The quantitative estimate of drug-likeness (QED) is 0.539. The molecular weight excluding hydrogens is 428 g/mol. The van der Waals surface area contributed by atoms with Gasteiger partial charge in [-0.15, -0.1) is 0 Å². The van der Waals surface area contributed by atoms with Gasteiger partial charge in [0.2, 0.25) is 17.6 Å². The van der Waals surface area contributed by atoms with Gasteiger partial charge >= 0.3 is 0 Å². The summed E-state index contributed by atoms with van der Waals surface area (Å²) in [6.07, 6.45) is 1.86. The molecule has 4 rings (SSSR count). The smallest absolute Gasteiger partial charge is 0.241 e. The molecule has 8 heteroatoms. The zero-order chi connectivity index (χ0) is 22.5. The van der Waals surface area contributed by atoms with Crippen LogP contribution in [0.2, 0.25) is 5.02 Å². The Balaban J connectivity index is 1.36. The Bertz CT molecular complexity index is 1070. The second-order valence-electron chi connectivity index (χ2n) is 8.25. The van der Waals surface area contributed by atoms with Crippen molar-refractivity contribution in [3.63, 3.8) is 0 Å². The first-order valence-electron chi connectivity index (χ1n) is 10.9. The number of anilines is 1. The van der Waals surface area contributed by atoms with E-state index in [2.05, 4.69) is 20.4 Å². The van der Waals surface area contributed by atoms with Gasteiger partial charge < -0.3 is 14.6 Å². The molecule has 168 valence electrons. The van der Waals surface area contributed by atoms with Gasteiger partial charge in [0.15, 0.2) is 0 Å². The lowest BCUT2D eigenvalue weighted by molar-refractivity contribution is -0.121. The number of piperidine rings is 1. The summed E-state index contributed by atoms with van der Waals surface area (Å²) in [5, 5.41) is 7.67. The highest BCUT2D eigenvalue weighted by Crippen LogP contribution is 2.26. The third-order valence-electron chi connectivity index (χ3n) is 5.29. The van der Waals surface area contributed by atoms with Gasteiger partial charge in [0.05, 0.1) is 23.6 Å². The Morgan fingerprint density at radius 1 is 1.28 bits per heavy atom. The second-order valence-corrected chi connectivity index (χ2v) is 8.66. The summed E-state index contributed by atoms with van der Waals surface area (Å²) >= 11 is 6.23. The predicted molar refractivity (Wildman–Crippen MR) is 124 cm³/mol. The van der Waals surface area contributed by atoms with Crippen molar-refractivity contribution >= 4 is 23.2 Å². The van der Waals surface area contributed by atoms with E-state index in [1.807, 2.05) is 56.3 Å². The fourth-order valence-electron chi connectivity index (χ4n) is 3.84. The van der Waals surface area contributed by atoms with Crippen molar-refractivity contribution in [1.29, 1.82) is 0 Å². The molecule has 0 aliphatic carbocycles. The van der Waals surface area contributed by atoms with Crippen LogP contribution in [0.15, 0.2) is 53.1 Å². The van der Waals surface area contributed by atoms with Gasteiger partial charge in [-0.1, -0.05) is 35.0 Å². The number of hydrogen-bond acceptors (Lipinski definition) is 6. The zero-order valence-electron chi connectivity index (χ0n) is 18.3. The molecule has 7 nitrogen and oxygen atoms in total. The summed E-state index contributed by atoms with van der Waals surface area (Å²) in [5.74, 6) is 1.64. The Morgan fingerprint density at radius 3 is 2.94 bits per heavy atom. The number of aromatic nitrogens is 2. The van der Waals surface area contributed by atoms with Crippen molar-refractivity contribution in [1.82, 2.24) is 15.0 Å². The molecule has 1 amide bonds. The van der Waals surface area contributed by atoms with Crippen molar-refractivity contribution in [2.45, 2.75) is 39.3 Å². The maximum Gasteiger partial charge on any atom is 0.241 e. The lowest BCUT2D eigenvalue weighted by atomic mass is 9.97. The molecule has 1 atom stereocenters. The van der Waals surface area contributed by atoms with E-state index < -0.39 is 0 Å². The number of carbonyl (C=O) groups is 1. The molecule has 1 aliphatic heterocycles. The van der Waals surface area contributed by atoms with Gasteiger partial charge in [0, 0.05) is 23.9 Å². The Hall–Kier alpha value is -2.90. The number of nitrogens with zero attached hydrogens (tertiary/aromatic N) is 3. The Kier molecular flexibility index (Phi) is 7.07. The van der Waals surface area contributed by atoms with Crippen LogP contribution in [0.4, 0.5) is 5.69 Å². The van der Waals surface area contributed by atoms with Crippen molar-refractivity contribution < 1.29 is 14.1 Å². The van der Waals surface area contributed by atoms with Crippen molar-refractivity contribution in [3.8, 4) is 17.1 Å². The molecule has 0 bridgehead atoms. The highest BCUT2D eigenvalue weighted by atomic mass is 35.5. The number of rotatable bonds is 7. The number of hydrogen-bond donors (Lipinski definition) is 1. The van der Waals surface area contributed by atoms with Gasteiger partial charge in [-0.25, -0.2) is 0 Å². The van der Waals surface area contributed by atoms with Crippen molar-refractivity contribution in [2.24, 2.45) is 5.92 Å². The van der Waals surface area contributed by atoms with Crippen LogP contribution in [0, 0.1) is 5.92 Å². The molecule has 1 saturated heterocycles. The lowest BCUT2D eigenvalue weighted by Crippen LogP contribution is -2.40. The number of ether oxygens (including phenoxy) is 1. The molecule has 32 heavy (non-hydrogen) atoms. The number of amides is 1. The molecule has 1 fully saturated rings. The van der Waals surface area contributed by atoms with Crippen LogP contribution in [0.5, 0.6) is 5.75 Å². The number of benzene rings is 2. The van der Waals surface area contributed by atoms with Crippen LogP contribution in [0.1, 0.15) is 32.6 Å². The van der Waals surface area contributed by atoms with Crippen LogP contribution in [0.25, 0.3) is 11.4 Å². The van der Waals surface area contributed by atoms with Gasteiger partial charge in [0.1, 0.15) is 5.75 Å². The monoisotopic (exact) mass is 454 g/mol. The number of nitrogens with one attached hydrogen (secondary N) is 1. The van der Waals surface area contributed by atoms with E-state index in [9.17, 15) is 4.79 Å². The molecule has 0 spiro atoms. The zero-order valence-corrected chi connectivity index (χ0v) is 19.0. The third-order valence-corrected chi connectivity index (χ3v) is 5.62. The maximum atomic E-state index is 12.9. The molecule has 1 N–H and O–H groups in total.